The number of thioether (sulfide) groups is 1. The number of hydrogen-bond acceptors (Lipinski definition) is 8. The number of nitrogens with zero attached hydrogens (tertiary/aromatic N) is 2. The van der Waals surface area contributed by atoms with Gasteiger partial charge in [-0.3, -0.25) is 9.52 Å². The molecule has 2 aromatic rings. The highest BCUT2D eigenvalue weighted by Crippen LogP contribution is 2.24. The molecule has 0 atom stereocenters. The number of ether oxygens (including phenoxy) is 1. The van der Waals surface area contributed by atoms with Crippen LogP contribution >= 0.6 is 11.8 Å². The maximum Gasteiger partial charge on any atom is 0.316 e. The van der Waals surface area contributed by atoms with Gasteiger partial charge in [-0.25, -0.2) is 8.42 Å². The van der Waals surface area contributed by atoms with E-state index in [0.29, 0.717) is 17.9 Å². The van der Waals surface area contributed by atoms with Gasteiger partial charge < -0.3 is 9.15 Å². The maximum atomic E-state index is 11.5. The largest absolute Gasteiger partial charge is 0.465 e. The van der Waals surface area contributed by atoms with Crippen LogP contribution in [-0.2, 0) is 19.6 Å². The van der Waals surface area contributed by atoms with Crippen LogP contribution in [0.5, 0.6) is 0 Å². The highest BCUT2D eigenvalue weighted by atomic mass is 32.2. The summed E-state index contributed by atoms with van der Waals surface area (Å²) in [5.41, 5.74) is 1.10. The molecule has 130 valence electrons. The zero-order chi connectivity index (χ0) is 17.6. The van der Waals surface area contributed by atoms with Crippen LogP contribution in [0.1, 0.15) is 13.8 Å². The Bertz CT molecular complexity index is 787. The van der Waals surface area contributed by atoms with E-state index in [0.717, 1.165) is 11.8 Å². The third-order valence-corrected chi connectivity index (χ3v) is 4.91. The van der Waals surface area contributed by atoms with Gasteiger partial charge in [0.15, 0.2) is 0 Å². The van der Waals surface area contributed by atoms with Gasteiger partial charge in [-0.2, -0.15) is 0 Å². The number of carbonyl (C=O) groups excluding carboxylic acids is 1. The lowest BCUT2D eigenvalue weighted by Crippen LogP contribution is -2.14. The quantitative estimate of drug-likeness (QED) is 0.555. The maximum absolute atomic E-state index is 11.5. The predicted molar refractivity (Wildman–Crippen MR) is 90.2 cm³/mol. The van der Waals surface area contributed by atoms with Gasteiger partial charge in [-0.05, 0) is 38.1 Å². The molecule has 0 fully saturated rings. The molecule has 0 unspecified atom stereocenters. The van der Waals surface area contributed by atoms with Crippen molar-refractivity contribution in [3.05, 3.63) is 24.3 Å². The molecule has 24 heavy (non-hydrogen) atoms. The standard InChI is InChI=1S/C14H17N3O5S2/c1-3-21-12(18)9-23-14-16-15-13(22-14)10-5-7-11(8-6-10)17-24(19,20)4-2/h5-8,17H,3-4,9H2,1-2H3. The van der Waals surface area contributed by atoms with Crippen molar-refractivity contribution in [2.75, 3.05) is 22.8 Å². The third kappa shape index (κ3) is 5.24. The summed E-state index contributed by atoms with van der Waals surface area (Å²) in [5.74, 6) is 0.0215. The molecule has 1 aromatic heterocycles. The molecule has 0 bridgehead atoms. The van der Waals surface area contributed by atoms with E-state index in [1.54, 1.807) is 38.1 Å². The van der Waals surface area contributed by atoms with Gasteiger partial charge in [0.05, 0.1) is 12.4 Å². The van der Waals surface area contributed by atoms with Crippen LogP contribution in [0.4, 0.5) is 5.69 Å². The van der Waals surface area contributed by atoms with Crippen molar-refractivity contribution in [1.29, 1.82) is 0 Å². The molecular weight excluding hydrogens is 354 g/mol. The summed E-state index contributed by atoms with van der Waals surface area (Å²) in [6.45, 7) is 3.62. The molecule has 0 aliphatic heterocycles. The fourth-order valence-corrected chi connectivity index (χ4v) is 2.84. The summed E-state index contributed by atoms with van der Waals surface area (Å²) in [5, 5.41) is 8.01. The molecule has 1 aromatic carbocycles. The first kappa shape index (κ1) is 18.3. The first-order valence-corrected chi connectivity index (χ1v) is 9.80. The molecule has 0 spiro atoms. The predicted octanol–water partition coefficient (Wildman–Crippen LogP) is 2.15. The number of benzene rings is 1. The van der Waals surface area contributed by atoms with E-state index < -0.39 is 10.0 Å². The number of hydrogen-bond donors (Lipinski definition) is 1. The Hall–Kier alpha value is -2.07. The van der Waals surface area contributed by atoms with E-state index in [-0.39, 0.29) is 28.6 Å². The van der Waals surface area contributed by atoms with E-state index >= 15 is 0 Å². The van der Waals surface area contributed by atoms with Gasteiger partial charge in [-0.15, -0.1) is 10.2 Å². The molecule has 10 heteroatoms. The number of sulfonamides is 1. The van der Waals surface area contributed by atoms with Gasteiger partial charge in [0.25, 0.3) is 5.22 Å². The second-order valence-electron chi connectivity index (χ2n) is 4.55. The van der Waals surface area contributed by atoms with Crippen molar-refractivity contribution in [1.82, 2.24) is 10.2 Å². The number of esters is 1. The van der Waals surface area contributed by atoms with E-state index in [9.17, 15) is 13.2 Å². The molecule has 2 rings (SSSR count). The van der Waals surface area contributed by atoms with Crippen molar-refractivity contribution >= 4 is 33.4 Å². The second-order valence-corrected chi connectivity index (χ2v) is 7.49. The lowest BCUT2D eigenvalue weighted by atomic mass is 10.2. The number of rotatable bonds is 8. The molecule has 0 saturated heterocycles. The highest BCUT2D eigenvalue weighted by molar-refractivity contribution is 7.99. The minimum Gasteiger partial charge on any atom is -0.465 e. The Morgan fingerprint density at radius 2 is 1.96 bits per heavy atom. The average molecular weight is 371 g/mol. The topological polar surface area (TPSA) is 111 Å². The Morgan fingerprint density at radius 1 is 1.25 bits per heavy atom. The minimum absolute atomic E-state index is 0.000536. The summed E-state index contributed by atoms with van der Waals surface area (Å²) >= 11 is 1.09. The summed E-state index contributed by atoms with van der Waals surface area (Å²) in [7, 11) is -3.31. The van der Waals surface area contributed by atoms with Crippen LogP contribution in [0.15, 0.2) is 33.9 Å². The summed E-state index contributed by atoms with van der Waals surface area (Å²) in [4.78, 5) is 11.3. The molecule has 0 saturated carbocycles. The Balaban J connectivity index is 2.01. The number of nitrogens with one attached hydrogen (secondary N) is 1. The molecule has 1 N–H and O–H groups in total. The first-order chi connectivity index (χ1) is 11.4. The van der Waals surface area contributed by atoms with E-state index in [4.69, 9.17) is 9.15 Å². The smallest absolute Gasteiger partial charge is 0.316 e. The lowest BCUT2D eigenvalue weighted by Gasteiger charge is -2.05. The molecule has 0 radical (unpaired) electrons. The first-order valence-electron chi connectivity index (χ1n) is 7.16. The van der Waals surface area contributed by atoms with Crippen LogP contribution in [0, 0.1) is 0 Å². The molecular formula is C14H17N3O5S2. The number of aromatic nitrogens is 2. The monoisotopic (exact) mass is 371 g/mol. The Morgan fingerprint density at radius 3 is 2.58 bits per heavy atom. The highest BCUT2D eigenvalue weighted by Gasteiger charge is 2.12. The molecule has 8 nitrogen and oxygen atoms in total. The molecule has 1 heterocycles. The summed E-state index contributed by atoms with van der Waals surface area (Å²) in [6.07, 6.45) is 0. The third-order valence-electron chi connectivity index (χ3n) is 2.81. The van der Waals surface area contributed by atoms with Crippen LogP contribution in [0.2, 0.25) is 0 Å². The van der Waals surface area contributed by atoms with Crippen LogP contribution in [0.25, 0.3) is 11.5 Å². The molecule has 0 amide bonds. The van der Waals surface area contributed by atoms with Crippen LogP contribution in [0.3, 0.4) is 0 Å². The number of carbonyl (C=O) groups is 1. The van der Waals surface area contributed by atoms with Crippen molar-refractivity contribution in [2.45, 2.75) is 19.1 Å². The summed E-state index contributed by atoms with van der Waals surface area (Å²) < 4.78 is 35.7. The zero-order valence-electron chi connectivity index (χ0n) is 13.2. The Kier molecular flexibility index (Phi) is 6.21. The van der Waals surface area contributed by atoms with Gasteiger partial charge in [0.2, 0.25) is 15.9 Å². The van der Waals surface area contributed by atoms with Gasteiger partial charge in [0, 0.05) is 11.3 Å². The normalized spacial score (nSPS) is 11.2. The second kappa shape index (κ2) is 8.15. The molecule has 0 aliphatic carbocycles. The van der Waals surface area contributed by atoms with E-state index in [1.165, 1.54) is 0 Å². The number of anilines is 1. The van der Waals surface area contributed by atoms with E-state index in [1.807, 2.05) is 0 Å². The lowest BCUT2D eigenvalue weighted by molar-refractivity contribution is -0.139. The van der Waals surface area contributed by atoms with Crippen molar-refractivity contribution < 1.29 is 22.4 Å². The van der Waals surface area contributed by atoms with Crippen molar-refractivity contribution in [3.8, 4) is 11.5 Å². The van der Waals surface area contributed by atoms with Gasteiger partial charge in [-0.1, -0.05) is 11.8 Å². The van der Waals surface area contributed by atoms with Crippen molar-refractivity contribution in [2.24, 2.45) is 0 Å². The fraction of sp³-hybridized carbons (Fsp3) is 0.357. The molecule has 0 aliphatic rings. The summed E-state index contributed by atoms with van der Waals surface area (Å²) in [6, 6.07) is 6.55. The fourth-order valence-electron chi connectivity index (χ4n) is 1.64. The van der Waals surface area contributed by atoms with Gasteiger partial charge in [0.1, 0.15) is 5.75 Å². The van der Waals surface area contributed by atoms with Crippen LogP contribution in [-0.4, -0.2) is 42.7 Å². The van der Waals surface area contributed by atoms with Crippen LogP contribution < -0.4 is 4.72 Å². The SMILES string of the molecule is CCOC(=O)CSc1nnc(-c2ccc(NS(=O)(=O)CC)cc2)o1. The average Bonchev–Trinajstić information content (AvgIpc) is 3.03. The van der Waals surface area contributed by atoms with Gasteiger partial charge >= 0.3 is 5.97 Å². The van der Waals surface area contributed by atoms with E-state index in [2.05, 4.69) is 14.9 Å². The van der Waals surface area contributed by atoms with Crippen molar-refractivity contribution in [3.63, 3.8) is 0 Å². The minimum atomic E-state index is -3.31. The zero-order valence-corrected chi connectivity index (χ0v) is 14.8. The Labute approximate surface area is 144 Å².